The van der Waals surface area contributed by atoms with Crippen molar-refractivity contribution < 1.29 is 18.0 Å². The first-order valence-corrected chi connectivity index (χ1v) is 8.93. The van der Waals surface area contributed by atoms with E-state index in [1.165, 1.54) is 12.1 Å². The monoisotopic (exact) mass is 404 g/mol. The molecule has 1 aromatic rings. The molecule has 0 amide bonds. The van der Waals surface area contributed by atoms with Crippen LogP contribution >= 0.6 is 15.9 Å². The summed E-state index contributed by atoms with van der Waals surface area (Å²) in [5.74, 6) is 0.486. The van der Waals surface area contributed by atoms with E-state index in [1.807, 2.05) is 0 Å². The standard InChI is InChI=1S/C17H20BrF3N2O/c1-11(12-2-4-14(5-3-12)17(19,20)21)23-8-6-13(7-9-23)15-10-16(18)22-24-15/h2-5,11,13,15H,6-10H2,1H3/t11-,15?/m1/s1. The van der Waals surface area contributed by atoms with Crippen LogP contribution < -0.4 is 0 Å². The van der Waals surface area contributed by atoms with Crippen LogP contribution in [0.15, 0.2) is 29.4 Å². The Morgan fingerprint density at radius 1 is 1.21 bits per heavy atom. The second-order valence-electron chi connectivity index (χ2n) is 6.48. The highest BCUT2D eigenvalue weighted by Crippen LogP contribution is 2.34. The number of oxime groups is 1. The van der Waals surface area contributed by atoms with Gasteiger partial charge in [0.2, 0.25) is 0 Å². The van der Waals surface area contributed by atoms with Crippen LogP contribution in [0.3, 0.4) is 0 Å². The normalized spacial score (nSPS) is 24.5. The summed E-state index contributed by atoms with van der Waals surface area (Å²) in [6.07, 6.45) is -1.25. The lowest BCUT2D eigenvalue weighted by Gasteiger charge is -2.37. The molecule has 0 aromatic heterocycles. The molecule has 2 atom stereocenters. The van der Waals surface area contributed by atoms with Crippen molar-refractivity contribution in [3.63, 3.8) is 0 Å². The van der Waals surface area contributed by atoms with E-state index < -0.39 is 11.7 Å². The van der Waals surface area contributed by atoms with Crippen LogP contribution in [0.25, 0.3) is 0 Å². The molecule has 0 saturated carbocycles. The molecule has 2 aliphatic heterocycles. The Morgan fingerprint density at radius 2 is 1.83 bits per heavy atom. The molecule has 7 heteroatoms. The zero-order valence-corrected chi connectivity index (χ0v) is 15.0. The predicted molar refractivity (Wildman–Crippen MR) is 90.0 cm³/mol. The minimum Gasteiger partial charge on any atom is -0.391 e. The highest BCUT2D eigenvalue weighted by atomic mass is 79.9. The van der Waals surface area contributed by atoms with E-state index in [4.69, 9.17) is 4.84 Å². The Hall–Kier alpha value is -1.08. The molecule has 3 nitrogen and oxygen atoms in total. The Bertz CT molecular complexity index is 595. The summed E-state index contributed by atoms with van der Waals surface area (Å²) in [5, 5.41) is 3.95. The zero-order chi connectivity index (χ0) is 17.3. The van der Waals surface area contributed by atoms with Crippen molar-refractivity contribution in [2.75, 3.05) is 13.1 Å². The van der Waals surface area contributed by atoms with Gasteiger partial charge < -0.3 is 4.84 Å². The van der Waals surface area contributed by atoms with Crippen molar-refractivity contribution in [3.8, 4) is 0 Å². The molecule has 0 spiro atoms. The van der Waals surface area contributed by atoms with E-state index >= 15 is 0 Å². The Labute approximate surface area is 148 Å². The van der Waals surface area contributed by atoms with Gasteiger partial charge in [-0.3, -0.25) is 4.90 Å². The van der Waals surface area contributed by atoms with Crippen molar-refractivity contribution in [3.05, 3.63) is 35.4 Å². The van der Waals surface area contributed by atoms with Crippen LogP contribution in [-0.4, -0.2) is 28.7 Å². The first-order valence-electron chi connectivity index (χ1n) is 8.14. The van der Waals surface area contributed by atoms with E-state index in [9.17, 15) is 13.2 Å². The Kier molecular flexibility index (Phi) is 5.20. The summed E-state index contributed by atoms with van der Waals surface area (Å²) in [7, 11) is 0. The number of benzene rings is 1. The van der Waals surface area contributed by atoms with Gasteiger partial charge >= 0.3 is 6.18 Å². The fourth-order valence-corrected chi connectivity index (χ4v) is 3.86. The molecule has 1 unspecified atom stereocenters. The molecule has 1 aromatic carbocycles. The largest absolute Gasteiger partial charge is 0.416 e. The van der Waals surface area contributed by atoms with Crippen LogP contribution in [-0.2, 0) is 11.0 Å². The van der Waals surface area contributed by atoms with E-state index in [0.717, 1.165) is 42.5 Å². The summed E-state index contributed by atoms with van der Waals surface area (Å²) in [6.45, 7) is 3.89. The Balaban J connectivity index is 1.56. The van der Waals surface area contributed by atoms with Gasteiger partial charge in [-0.2, -0.15) is 13.2 Å². The third-order valence-electron chi connectivity index (χ3n) is 5.02. The van der Waals surface area contributed by atoms with Crippen molar-refractivity contribution in [2.45, 2.75) is 44.5 Å². The van der Waals surface area contributed by atoms with E-state index in [0.29, 0.717) is 5.92 Å². The lowest BCUT2D eigenvalue weighted by Crippen LogP contribution is -2.39. The molecule has 132 valence electrons. The van der Waals surface area contributed by atoms with Gasteiger partial charge in [0.25, 0.3) is 0 Å². The number of nitrogens with zero attached hydrogens (tertiary/aromatic N) is 2. The molecule has 1 saturated heterocycles. The average molecular weight is 405 g/mol. The van der Waals surface area contributed by atoms with Gasteiger partial charge in [0.15, 0.2) is 0 Å². The SMILES string of the molecule is C[C@H](c1ccc(C(F)(F)F)cc1)N1CCC(C2CC(Br)=NO2)CC1. The van der Waals surface area contributed by atoms with Gasteiger partial charge in [-0.1, -0.05) is 17.3 Å². The number of hydrogen-bond acceptors (Lipinski definition) is 3. The fraction of sp³-hybridized carbons (Fsp3) is 0.588. The predicted octanol–water partition coefficient (Wildman–Crippen LogP) is 4.98. The molecule has 0 radical (unpaired) electrons. The molecule has 24 heavy (non-hydrogen) atoms. The van der Waals surface area contributed by atoms with Crippen LogP contribution in [0.2, 0.25) is 0 Å². The van der Waals surface area contributed by atoms with Gasteiger partial charge in [0.05, 0.1) is 5.56 Å². The highest BCUT2D eigenvalue weighted by Gasteiger charge is 2.33. The zero-order valence-electron chi connectivity index (χ0n) is 13.4. The van der Waals surface area contributed by atoms with Crippen LogP contribution in [0.1, 0.15) is 43.4 Å². The maximum absolute atomic E-state index is 12.7. The quantitative estimate of drug-likeness (QED) is 0.709. The molecule has 0 aliphatic carbocycles. The molecule has 1 fully saturated rings. The van der Waals surface area contributed by atoms with Gasteiger partial charge in [-0.05, 0) is 66.5 Å². The van der Waals surface area contributed by atoms with Crippen LogP contribution in [0.4, 0.5) is 13.2 Å². The highest BCUT2D eigenvalue weighted by molar-refractivity contribution is 9.18. The molecule has 2 heterocycles. The summed E-state index contributed by atoms with van der Waals surface area (Å²) in [5.41, 5.74) is 0.325. The summed E-state index contributed by atoms with van der Waals surface area (Å²) in [4.78, 5) is 7.77. The number of halogens is 4. The second kappa shape index (κ2) is 7.04. The van der Waals surface area contributed by atoms with Crippen LogP contribution in [0.5, 0.6) is 0 Å². The van der Waals surface area contributed by atoms with Crippen molar-refractivity contribution in [2.24, 2.45) is 11.1 Å². The number of alkyl halides is 3. The van der Waals surface area contributed by atoms with Gasteiger partial charge in [0, 0.05) is 18.4 Å². The van der Waals surface area contributed by atoms with Gasteiger partial charge in [0.1, 0.15) is 10.7 Å². The lowest BCUT2D eigenvalue weighted by molar-refractivity contribution is -0.137. The van der Waals surface area contributed by atoms with Crippen LogP contribution in [0, 0.1) is 5.92 Å². The molecular weight excluding hydrogens is 385 g/mol. The van der Waals surface area contributed by atoms with E-state index in [-0.39, 0.29) is 12.1 Å². The molecular formula is C17H20BrF3N2O. The summed E-state index contributed by atoms with van der Waals surface area (Å²) < 4.78 is 38.8. The number of likely N-dealkylation sites (tertiary alicyclic amines) is 1. The molecule has 2 aliphatic rings. The minimum absolute atomic E-state index is 0.112. The summed E-state index contributed by atoms with van der Waals surface area (Å²) in [6, 6.07) is 5.62. The summed E-state index contributed by atoms with van der Waals surface area (Å²) >= 11 is 3.37. The van der Waals surface area contributed by atoms with Gasteiger partial charge in [-0.25, -0.2) is 0 Å². The maximum atomic E-state index is 12.7. The number of rotatable bonds is 3. The molecule has 3 rings (SSSR count). The first-order chi connectivity index (χ1) is 11.3. The molecule has 0 N–H and O–H groups in total. The third kappa shape index (κ3) is 3.94. The van der Waals surface area contributed by atoms with Crippen molar-refractivity contribution in [1.82, 2.24) is 4.90 Å². The third-order valence-corrected chi connectivity index (χ3v) is 5.49. The van der Waals surface area contributed by atoms with Crippen molar-refractivity contribution >= 4 is 20.6 Å². The smallest absolute Gasteiger partial charge is 0.391 e. The lowest BCUT2D eigenvalue weighted by atomic mass is 9.89. The first kappa shape index (κ1) is 17.7. The fourth-order valence-electron chi connectivity index (χ4n) is 3.46. The molecule has 0 bridgehead atoms. The Morgan fingerprint density at radius 3 is 2.33 bits per heavy atom. The topological polar surface area (TPSA) is 24.8 Å². The minimum atomic E-state index is -4.28. The second-order valence-corrected chi connectivity index (χ2v) is 7.40. The van der Waals surface area contributed by atoms with E-state index in [2.05, 4.69) is 32.9 Å². The van der Waals surface area contributed by atoms with E-state index in [1.54, 1.807) is 12.1 Å². The number of hydrogen-bond donors (Lipinski definition) is 0. The van der Waals surface area contributed by atoms with Gasteiger partial charge in [-0.15, -0.1) is 0 Å². The average Bonchev–Trinajstić information content (AvgIpc) is 3.00. The number of piperidine rings is 1. The maximum Gasteiger partial charge on any atom is 0.416 e. The van der Waals surface area contributed by atoms with Crippen molar-refractivity contribution in [1.29, 1.82) is 0 Å².